The Morgan fingerprint density at radius 3 is 2.53 bits per heavy atom. The lowest BCUT2D eigenvalue weighted by molar-refractivity contribution is 0.0105. The third-order valence-electron chi connectivity index (χ3n) is 2.60. The van der Waals surface area contributed by atoms with Gasteiger partial charge in [0, 0.05) is 6.04 Å². The van der Waals surface area contributed by atoms with Crippen LogP contribution in [-0.2, 0) is 4.74 Å². The first-order valence-corrected chi connectivity index (χ1v) is 5.47. The van der Waals surface area contributed by atoms with Gasteiger partial charge in [-0.3, -0.25) is 0 Å². The van der Waals surface area contributed by atoms with Crippen molar-refractivity contribution in [3.63, 3.8) is 0 Å². The number of carbonyl (C=O) groups is 1. The minimum Gasteiger partial charge on any atom is -0.444 e. The molecule has 0 bridgehead atoms. The molecule has 0 spiro atoms. The molecule has 2 atom stereocenters. The molecule has 1 saturated heterocycles. The molecular formula is C11H21NO3. The number of amides is 1. The van der Waals surface area contributed by atoms with E-state index in [1.54, 1.807) is 4.90 Å². The van der Waals surface area contributed by atoms with E-state index in [2.05, 4.69) is 0 Å². The van der Waals surface area contributed by atoms with Crippen molar-refractivity contribution in [2.75, 3.05) is 6.61 Å². The van der Waals surface area contributed by atoms with E-state index in [1.807, 2.05) is 27.7 Å². The van der Waals surface area contributed by atoms with E-state index in [4.69, 9.17) is 9.84 Å². The Bertz CT molecular complexity index is 234. The third-order valence-corrected chi connectivity index (χ3v) is 2.60. The van der Waals surface area contributed by atoms with Crippen LogP contribution >= 0.6 is 0 Å². The molecule has 0 aliphatic carbocycles. The summed E-state index contributed by atoms with van der Waals surface area (Å²) in [5.74, 6) is 0. The molecule has 1 rings (SSSR count). The van der Waals surface area contributed by atoms with Crippen LogP contribution in [0.15, 0.2) is 0 Å². The molecule has 1 N–H and O–H groups in total. The largest absolute Gasteiger partial charge is 0.444 e. The Hall–Kier alpha value is -0.770. The number of hydrogen-bond acceptors (Lipinski definition) is 3. The second-order valence-corrected chi connectivity index (χ2v) is 5.15. The predicted molar refractivity (Wildman–Crippen MR) is 57.6 cm³/mol. The summed E-state index contributed by atoms with van der Waals surface area (Å²) in [6, 6.07) is 0.0897. The number of rotatable bonds is 1. The van der Waals surface area contributed by atoms with Gasteiger partial charge in [-0.2, -0.15) is 0 Å². The summed E-state index contributed by atoms with van der Waals surface area (Å²) in [6.45, 7) is 7.54. The Labute approximate surface area is 91.2 Å². The van der Waals surface area contributed by atoms with Gasteiger partial charge in [-0.25, -0.2) is 4.79 Å². The molecule has 1 aliphatic rings. The Balaban J connectivity index is 2.64. The molecule has 1 fully saturated rings. The van der Waals surface area contributed by atoms with Crippen LogP contribution in [0.2, 0.25) is 0 Å². The molecule has 1 aliphatic heterocycles. The van der Waals surface area contributed by atoms with Gasteiger partial charge >= 0.3 is 6.09 Å². The topological polar surface area (TPSA) is 49.8 Å². The first-order chi connectivity index (χ1) is 6.85. The summed E-state index contributed by atoms with van der Waals surface area (Å²) < 4.78 is 5.30. The zero-order chi connectivity index (χ0) is 11.6. The first kappa shape index (κ1) is 12.3. The zero-order valence-electron chi connectivity index (χ0n) is 9.99. The number of nitrogens with zero attached hydrogens (tertiary/aromatic N) is 1. The monoisotopic (exact) mass is 215 g/mol. The Morgan fingerprint density at radius 2 is 2.07 bits per heavy atom. The first-order valence-electron chi connectivity index (χ1n) is 5.47. The summed E-state index contributed by atoms with van der Waals surface area (Å²) in [4.78, 5) is 13.5. The number of carbonyl (C=O) groups excluding carboxylic acids is 1. The predicted octanol–water partition coefficient (Wildman–Crippen LogP) is 1.77. The van der Waals surface area contributed by atoms with Crippen LogP contribution in [0.4, 0.5) is 4.79 Å². The molecule has 0 unspecified atom stereocenters. The maximum absolute atomic E-state index is 11.8. The van der Waals surface area contributed by atoms with Crippen molar-refractivity contribution in [2.24, 2.45) is 0 Å². The van der Waals surface area contributed by atoms with Gasteiger partial charge in [0.2, 0.25) is 0 Å². The van der Waals surface area contributed by atoms with Gasteiger partial charge in [-0.05, 0) is 40.5 Å². The van der Waals surface area contributed by atoms with Crippen molar-refractivity contribution in [1.29, 1.82) is 0 Å². The van der Waals surface area contributed by atoms with Crippen LogP contribution in [0.3, 0.4) is 0 Å². The van der Waals surface area contributed by atoms with Gasteiger partial charge in [0.15, 0.2) is 0 Å². The zero-order valence-corrected chi connectivity index (χ0v) is 9.99. The molecular weight excluding hydrogens is 194 g/mol. The van der Waals surface area contributed by atoms with Crippen molar-refractivity contribution >= 4 is 6.09 Å². The van der Waals surface area contributed by atoms with E-state index in [1.165, 1.54) is 0 Å². The van der Waals surface area contributed by atoms with Gasteiger partial charge < -0.3 is 14.7 Å². The van der Waals surface area contributed by atoms with Gasteiger partial charge in [0.05, 0.1) is 12.6 Å². The van der Waals surface area contributed by atoms with Crippen molar-refractivity contribution in [2.45, 2.75) is 58.2 Å². The fourth-order valence-corrected chi connectivity index (χ4v) is 1.89. The molecule has 0 aromatic carbocycles. The standard InChI is InChI=1S/C11H21NO3/c1-8-5-6-9(7-13)12(8)10(14)15-11(2,3)4/h8-9,13H,5-7H2,1-4H3/t8-,9-/m0/s1. The van der Waals surface area contributed by atoms with E-state index < -0.39 is 5.60 Å². The highest BCUT2D eigenvalue weighted by molar-refractivity contribution is 5.69. The van der Waals surface area contributed by atoms with Gasteiger partial charge in [0.25, 0.3) is 0 Å². The number of likely N-dealkylation sites (tertiary alicyclic amines) is 1. The molecule has 1 amide bonds. The molecule has 1 heterocycles. The number of ether oxygens (including phenoxy) is 1. The lowest BCUT2D eigenvalue weighted by Gasteiger charge is -2.30. The number of hydrogen-bond donors (Lipinski definition) is 1. The summed E-state index contributed by atoms with van der Waals surface area (Å²) in [5.41, 5.74) is -0.473. The van der Waals surface area contributed by atoms with E-state index in [0.29, 0.717) is 0 Å². The fraction of sp³-hybridized carbons (Fsp3) is 0.909. The van der Waals surface area contributed by atoms with E-state index in [-0.39, 0.29) is 24.8 Å². The number of aliphatic hydroxyl groups excluding tert-OH is 1. The maximum Gasteiger partial charge on any atom is 0.410 e. The van der Waals surface area contributed by atoms with Crippen molar-refractivity contribution in [3.05, 3.63) is 0 Å². The van der Waals surface area contributed by atoms with E-state index >= 15 is 0 Å². The average molecular weight is 215 g/mol. The van der Waals surface area contributed by atoms with Crippen LogP contribution in [0.25, 0.3) is 0 Å². The molecule has 0 saturated carbocycles. The molecule has 15 heavy (non-hydrogen) atoms. The summed E-state index contributed by atoms with van der Waals surface area (Å²) in [6.07, 6.45) is 1.48. The Morgan fingerprint density at radius 1 is 1.47 bits per heavy atom. The maximum atomic E-state index is 11.8. The van der Waals surface area contributed by atoms with Crippen molar-refractivity contribution in [3.8, 4) is 0 Å². The van der Waals surface area contributed by atoms with E-state index in [0.717, 1.165) is 12.8 Å². The summed E-state index contributed by atoms with van der Waals surface area (Å²) in [7, 11) is 0. The van der Waals surface area contributed by atoms with Crippen LogP contribution in [-0.4, -0.2) is 40.4 Å². The minimum atomic E-state index is -0.473. The smallest absolute Gasteiger partial charge is 0.410 e. The second kappa shape index (κ2) is 4.39. The minimum absolute atomic E-state index is 0.0174. The fourth-order valence-electron chi connectivity index (χ4n) is 1.89. The van der Waals surface area contributed by atoms with Crippen LogP contribution in [0.1, 0.15) is 40.5 Å². The quantitative estimate of drug-likeness (QED) is 0.725. The van der Waals surface area contributed by atoms with Crippen molar-refractivity contribution in [1.82, 2.24) is 4.90 Å². The van der Waals surface area contributed by atoms with Crippen LogP contribution < -0.4 is 0 Å². The molecule has 4 heteroatoms. The normalized spacial score (nSPS) is 26.9. The lowest BCUT2D eigenvalue weighted by atomic mass is 10.2. The van der Waals surface area contributed by atoms with Gasteiger partial charge in [0.1, 0.15) is 5.60 Å². The summed E-state index contributed by atoms with van der Waals surface area (Å²) >= 11 is 0. The van der Waals surface area contributed by atoms with Gasteiger partial charge in [-0.1, -0.05) is 0 Å². The third kappa shape index (κ3) is 3.09. The molecule has 0 aromatic rings. The van der Waals surface area contributed by atoms with Crippen LogP contribution in [0, 0.1) is 0 Å². The average Bonchev–Trinajstić information content (AvgIpc) is 2.43. The Kier molecular flexibility index (Phi) is 3.60. The van der Waals surface area contributed by atoms with Gasteiger partial charge in [-0.15, -0.1) is 0 Å². The van der Waals surface area contributed by atoms with E-state index in [9.17, 15) is 4.79 Å². The SMILES string of the molecule is C[C@H]1CC[C@@H](CO)N1C(=O)OC(C)(C)C. The highest BCUT2D eigenvalue weighted by Crippen LogP contribution is 2.25. The van der Waals surface area contributed by atoms with Crippen LogP contribution in [0.5, 0.6) is 0 Å². The molecule has 4 nitrogen and oxygen atoms in total. The highest BCUT2D eigenvalue weighted by atomic mass is 16.6. The lowest BCUT2D eigenvalue weighted by Crippen LogP contribution is -2.44. The summed E-state index contributed by atoms with van der Waals surface area (Å²) in [5, 5.41) is 9.15. The number of aliphatic hydroxyl groups is 1. The highest BCUT2D eigenvalue weighted by Gasteiger charge is 2.36. The molecule has 0 aromatic heterocycles. The molecule has 88 valence electrons. The molecule has 0 radical (unpaired) electrons. The van der Waals surface area contributed by atoms with Crippen molar-refractivity contribution < 1.29 is 14.6 Å². The second-order valence-electron chi connectivity index (χ2n) is 5.15.